The van der Waals surface area contributed by atoms with Crippen LogP contribution in [0, 0.1) is 11.7 Å². The molecule has 0 saturated heterocycles. The van der Waals surface area contributed by atoms with Crippen molar-refractivity contribution in [3.63, 3.8) is 0 Å². The lowest BCUT2D eigenvalue weighted by atomic mass is 10.3. The lowest BCUT2D eigenvalue weighted by Crippen LogP contribution is -2.24. The van der Waals surface area contributed by atoms with Gasteiger partial charge in [0.1, 0.15) is 0 Å². The van der Waals surface area contributed by atoms with E-state index >= 15 is 0 Å². The monoisotopic (exact) mass is 313 g/mol. The smallest absolute Gasteiger partial charge is 0.240 e. The molecule has 0 aromatic heterocycles. The number of halogens is 1. The van der Waals surface area contributed by atoms with E-state index in [0.29, 0.717) is 25.5 Å². The topological polar surface area (TPSA) is 55.4 Å². The molecule has 0 heterocycles. The molecule has 1 aliphatic carbocycles. The average Bonchev–Trinajstić information content (AvgIpc) is 3.27. The molecule has 0 radical (unpaired) electrons. The van der Waals surface area contributed by atoms with Gasteiger partial charge in [0.25, 0.3) is 0 Å². The van der Waals surface area contributed by atoms with Gasteiger partial charge in [0.05, 0.1) is 11.5 Å². The molecule has 116 valence electrons. The van der Waals surface area contributed by atoms with Crippen molar-refractivity contribution < 1.29 is 17.5 Å². The van der Waals surface area contributed by atoms with E-state index in [1.807, 2.05) is 0 Å². The van der Waals surface area contributed by atoms with Crippen molar-refractivity contribution in [1.29, 1.82) is 0 Å². The first-order chi connectivity index (χ1) is 10.0. The summed E-state index contributed by atoms with van der Waals surface area (Å²) in [5, 5.41) is 0. The molecule has 0 aliphatic heterocycles. The van der Waals surface area contributed by atoms with Crippen molar-refractivity contribution in [2.24, 2.45) is 5.92 Å². The highest BCUT2D eigenvalue weighted by Gasteiger charge is 2.23. The Bertz CT molecular complexity index is 597. The van der Waals surface area contributed by atoms with Crippen molar-refractivity contribution in [1.82, 2.24) is 4.72 Å². The second-order valence-corrected chi connectivity index (χ2v) is 6.94. The predicted octanol–water partition coefficient (Wildman–Crippen LogP) is 2.86. The van der Waals surface area contributed by atoms with Gasteiger partial charge < -0.3 is 4.74 Å². The Morgan fingerprint density at radius 1 is 1.43 bits per heavy atom. The number of nitrogens with one attached hydrogen (secondary N) is 1. The number of ether oxygens (including phenoxy) is 1. The first-order valence-electron chi connectivity index (χ1n) is 7.06. The van der Waals surface area contributed by atoms with E-state index in [1.165, 1.54) is 12.1 Å². The van der Waals surface area contributed by atoms with Crippen LogP contribution in [0.5, 0.6) is 5.75 Å². The maximum absolute atomic E-state index is 13.6. The quantitative estimate of drug-likeness (QED) is 0.563. The van der Waals surface area contributed by atoms with Crippen LogP contribution in [0.25, 0.3) is 0 Å². The van der Waals surface area contributed by atoms with E-state index in [4.69, 9.17) is 4.74 Å². The maximum Gasteiger partial charge on any atom is 0.240 e. The molecule has 0 bridgehead atoms. The molecule has 21 heavy (non-hydrogen) atoms. The molecule has 1 N–H and O–H groups in total. The molecule has 2 rings (SSSR count). The number of hydrogen-bond acceptors (Lipinski definition) is 3. The molecule has 1 aliphatic rings. The Labute approximate surface area is 125 Å². The van der Waals surface area contributed by atoms with Gasteiger partial charge in [-0.15, -0.1) is 6.58 Å². The van der Waals surface area contributed by atoms with Crippen molar-refractivity contribution >= 4 is 10.0 Å². The van der Waals surface area contributed by atoms with Crippen molar-refractivity contribution in [2.45, 2.75) is 30.6 Å². The van der Waals surface area contributed by atoms with Gasteiger partial charge >= 0.3 is 0 Å². The average molecular weight is 313 g/mol. The zero-order valence-corrected chi connectivity index (χ0v) is 12.7. The van der Waals surface area contributed by atoms with Gasteiger partial charge in [0, 0.05) is 12.6 Å². The van der Waals surface area contributed by atoms with Crippen molar-refractivity contribution in [3.8, 4) is 5.75 Å². The van der Waals surface area contributed by atoms with Gasteiger partial charge in [-0.1, -0.05) is 6.08 Å². The van der Waals surface area contributed by atoms with Crippen LogP contribution < -0.4 is 9.46 Å². The summed E-state index contributed by atoms with van der Waals surface area (Å²) in [4.78, 5) is 0.0216. The molecule has 1 saturated carbocycles. The molecule has 1 aromatic rings. The highest BCUT2D eigenvalue weighted by atomic mass is 32.2. The normalized spacial score (nSPS) is 14.9. The number of unbranched alkanes of at least 4 members (excludes halogenated alkanes) is 1. The van der Waals surface area contributed by atoms with Gasteiger partial charge in [0.15, 0.2) is 11.6 Å². The second kappa shape index (κ2) is 7.04. The molecule has 0 spiro atoms. The van der Waals surface area contributed by atoms with Crippen LogP contribution in [-0.2, 0) is 10.0 Å². The maximum atomic E-state index is 13.6. The number of rotatable bonds is 9. The highest BCUT2D eigenvalue weighted by molar-refractivity contribution is 7.89. The Hall–Kier alpha value is -1.40. The lowest BCUT2D eigenvalue weighted by Gasteiger charge is -2.10. The van der Waals surface area contributed by atoms with Gasteiger partial charge in [0.2, 0.25) is 10.0 Å². The Kier molecular flexibility index (Phi) is 5.36. The SMILES string of the molecule is C=CCCCNS(=O)(=O)c1ccc(F)c(OCC2CC2)c1. The summed E-state index contributed by atoms with van der Waals surface area (Å²) in [5.41, 5.74) is 0. The van der Waals surface area contributed by atoms with Crippen LogP contribution in [0.3, 0.4) is 0 Å². The fourth-order valence-corrected chi connectivity index (χ4v) is 2.88. The molecular formula is C15H20FNO3S. The van der Waals surface area contributed by atoms with Crippen LogP contribution in [0.15, 0.2) is 35.7 Å². The fraction of sp³-hybridized carbons (Fsp3) is 0.467. The van der Waals surface area contributed by atoms with Crippen LogP contribution in [0.2, 0.25) is 0 Å². The number of sulfonamides is 1. The number of allylic oxidation sites excluding steroid dienone is 1. The first-order valence-corrected chi connectivity index (χ1v) is 8.54. The summed E-state index contributed by atoms with van der Waals surface area (Å²) in [6.45, 7) is 4.34. The standard InChI is InChI=1S/C15H20FNO3S/c1-2-3-4-9-17-21(18,19)13-7-8-14(16)15(10-13)20-11-12-5-6-12/h2,7-8,10,12,17H,1,3-6,9,11H2. The summed E-state index contributed by atoms with van der Waals surface area (Å²) in [6, 6.07) is 3.61. The number of benzene rings is 1. The molecule has 6 heteroatoms. The third kappa shape index (κ3) is 4.82. The van der Waals surface area contributed by atoms with Gasteiger partial charge in [-0.2, -0.15) is 0 Å². The summed E-state index contributed by atoms with van der Waals surface area (Å²) in [6.07, 6.45) is 5.32. The minimum Gasteiger partial charge on any atom is -0.490 e. The minimum absolute atomic E-state index is 0.00383. The minimum atomic E-state index is -3.63. The van der Waals surface area contributed by atoms with E-state index in [-0.39, 0.29) is 10.6 Å². The summed E-state index contributed by atoms with van der Waals surface area (Å²) < 4.78 is 45.7. The third-order valence-corrected chi connectivity index (χ3v) is 4.72. The van der Waals surface area contributed by atoms with Crippen LogP contribution in [0.1, 0.15) is 25.7 Å². The first kappa shape index (κ1) is 16.0. The molecule has 0 atom stereocenters. The van der Waals surface area contributed by atoms with E-state index in [1.54, 1.807) is 6.08 Å². The van der Waals surface area contributed by atoms with Crippen molar-refractivity contribution in [3.05, 3.63) is 36.7 Å². The van der Waals surface area contributed by atoms with E-state index in [0.717, 1.165) is 25.3 Å². The van der Waals surface area contributed by atoms with E-state index < -0.39 is 15.8 Å². The Morgan fingerprint density at radius 2 is 2.19 bits per heavy atom. The largest absolute Gasteiger partial charge is 0.490 e. The molecule has 0 amide bonds. The fourth-order valence-electron chi connectivity index (χ4n) is 1.79. The second-order valence-electron chi connectivity index (χ2n) is 5.18. The summed E-state index contributed by atoms with van der Waals surface area (Å²) in [7, 11) is -3.63. The van der Waals surface area contributed by atoms with Crippen LogP contribution in [-0.4, -0.2) is 21.6 Å². The molecular weight excluding hydrogens is 293 g/mol. The van der Waals surface area contributed by atoms with Gasteiger partial charge in [-0.3, -0.25) is 0 Å². The Morgan fingerprint density at radius 3 is 2.86 bits per heavy atom. The van der Waals surface area contributed by atoms with Crippen LogP contribution >= 0.6 is 0 Å². The molecule has 1 fully saturated rings. The predicted molar refractivity (Wildman–Crippen MR) is 79.2 cm³/mol. The summed E-state index contributed by atoms with van der Waals surface area (Å²) in [5.74, 6) is -0.0705. The number of hydrogen-bond donors (Lipinski definition) is 1. The van der Waals surface area contributed by atoms with Crippen LogP contribution in [0.4, 0.5) is 4.39 Å². The summed E-state index contributed by atoms with van der Waals surface area (Å²) >= 11 is 0. The third-order valence-electron chi connectivity index (χ3n) is 3.26. The lowest BCUT2D eigenvalue weighted by molar-refractivity contribution is 0.284. The zero-order chi connectivity index (χ0) is 15.3. The Balaban J connectivity index is 2.03. The van der Waals surface area contributed by atoms with E-state index in [9.17, 15) is 12.8 Å². The molecule has 0 unspecified atom stereocenters. The van der Waals surface area contributed by atoms with Crippen molar-refractivity contribution in [2.75, 3.05) is 13.2 Å². The highest BCUT2D eigenvalue weighted by Crippen LogP contribution is 2.30. The van der Waals surface area contributed by atoms with Gasteiger partial charge in [-0.05, 0) is 43.7 Å². The molecule has 4 nitrogen and oxygen atoms in total. The zero-order valence-electron chi connectivity index (χ0n) is 11.8. The van der Waals surface area contributed by atoms with Gasteiger partial charge in [-0.25, -0.2) is 17.5 Å². The molecule has 1 aromatic carbocycles. The van der Waals surface area contributed by atoms with E-state index in [2.05, 4.69) is 11.3 Å².